The number of piperidine rings is 1. The number of hydrogen-bond donors (Lipinski definition) is 0. The SMILES string of the molecule is C[C@@H]1C[C@H](C)CN(C(=O)c2cn(-c3ccccc3)nc2-c2cccs2)C1. The van der Waals surface area contributed by atoms with E-state index in [2.05, 4.69) is 13.8 Å². The summed E-state index contributed by atoms with van der Waals surface area (Å²) in [5.74, 6) is 1.17. The lowest BCUT2D eigenvalue weighted by molar-refractivity contribution is 0.0624. The Kier molecular flexibility index (Phi) is 4.64. The number of rotatable bonds is 3. The predicted molar refractivity (Wildman–Crippen MR) is 106 cm³/mol. The van der Waals surface area contributed by atoms with Crippen LogP contribution in [0.25, 0.3) is 16.3 Å². The Labute approximate surface area is 158 Å². The molecule has 3 heterocycles. The zero-order valence-corrected chi connectivity index (χ0v) is 15.9. The summed E-state index contributed by atoms with van der Waals surface area (Å²) in [6, 6.07) is 14.0. The van der Waals surface area contributed by atoms with Gasteiger partial charge in [-0.25, -0.2) is 4.68 Å². The van der Waals surface area contributed by atoms with Crippen LogP contribution >= 0.6 is 11.3 Å². The first-order valence-electron chi connectivity index (χ1n) is 9.10. The van der Waals surface area contributed by atoms with Crippen molar-refractivity contribution >= 4 is 17.2 Å². The minimum absolute atomic E-state index is 0.0916. The summed E-state index contributed by atoms with van der Waals surface area (Å²) in [7, 11) is 0. The Morgan fingerprint density at radius 3 is 2.46 bits per heavy atom. The molecule has 3 aromatic rings. The maximum atomic E-state index is 13.3. The second-order valence-electron chi connectivity index (χ2n) is 7.30. The van der Waals surface area contributed by atoms with Gasteiger partial charge in [-0.15, -0.1) is 11.3 Å². The summed E-state index contributed by atoms with van der Waals surface area (Å²) in [6.45, 7) is 6.10. The first-order chi connectivity index (χ1) is 12.6. The maximum Gasteiger partial charge on any atom is 0.257 e. The van der Waals surface area contributed by atoms with Crippen molar-refractivity contribution in [3.05, 3.63) is 59.6 Å². The van der Waals surface area contributed by atoms with Gasteiger partial charge in [-0.3, -0.25) is 4.79 Å². The van der Waals surface area contributed by atoms with E-state index in [1.807, 2.05) is 63.6 Å². The summed E-state index contributed by atoms with van der Waals surface area (Å²) in [4.78, 5) is 16.4. The van der Waals surface area contributed by atoms with Crippen LogP contribution in [0.5, 0.6) is 0 Å². The van der Waals surface area contributed by atoms with Crippen LogP contribution in [-0.4, -0.2) is 33.7 Å². The highest BCUT2D eigenvalue weighted by Gasteiger charge is 2.29. The number of nitrogens with zero attached hydrogens (tertiary/aromatic N) is 3. The number of carbonyl (C=O) groups excluding carboxylic acids is 1. The normalized spacial score (nSPS) is 20.3. The smallest absolute Gasteiger partial charge is 0.257 e. The monoisotopic (exact) mass is 365 g/mol. The van der Waals surface area contributed by atoms with Gasteiger partial charge < -0.3 is 4.90 Å². The van der Waals surface area contributed by atoms with E-state index < -0.39 is 0 Å². The van der Waals surface area contributed by atoms with Crippen molar-refractivity contribution in [2.24, 2.45) is 11.8 Å². The first-order valence-corrected chi connectivity index (χ1v) is 9.98. The van der Waals surface area contributed by atoms with E-state index >= 15 is 0 Å². The molecule has 1 fully saturated rings. The minimum atomic E-state index is 0.0916. The molecule has 2 aromatic heterocycles. The molecular formula is C21H23N3OS. The van der Waals surface area contributed by atoms with Gasteiger partial charge in [0.15, 0.2) is 0 Å². The zero-order chi connectivity index (χ0) is 18.1. The largest absolute Gasteiger partial charge is 0.338 e. The first kappa shape index (κ1) is 17.0. The molecule has 0 unspecified atom stereocenters. The van der Waals surface area contributed by atoms with Gasteiger partial charge in [-0.1, -0.05) is 38.1 Å². The van der Waals surface area contributed by atoms with E-state index in [-0.39, 0.29) is 5.91 Å². The number of amides is 1. The van der Waals surface area contributed by atoms with Crippen molar-refractivity contribution in [2.45, 2.75) is 20.3 Å². The Bertz CT molecular complexity index is 875. The van der Waals surface area contributed by atoms with E-state index in [1.165, 1.54) is 6.42 Å². The summed E-state index contributed by atoms with van der Waals surface area (Å²) in [5.41, 5.74) is 2.43. The third-order valence-electron chi connectivity index (χ3n) is 4.88. The number of carbonyl (C=O) groups is 1. The van der Waals surface area contributed by atoms with Gasteiger partial charge in [0.05, 0.1) is 16.1 Å². The molecule has 5 heteroatoms. The van der Waals surface area contributed by atoms with Crippen LogP contribution in [0.4, 0.5) is 0 Å². The van der Waals surface area contributed by atoms with E-state index in [4.69, 9.17) is 5.10 Å². The summed E-state index contributed by atoms with van der Waals surface area (Å²) in [5, 5.41) is 6.78. The number of para-hydroxylation sites is 1. The second-order valence-corrected chi connectivity index (χ2v) is 8.25. The van der Waals surface area contributed by atoms with Gasteiger partial charge in [0.2, 0.25) is 0 Å². The lowest BCUT2D eigenvalue weighted by Gasteiger charge is -2.34. The average Bonchev–Trinajstić information content (AvgIpc) is 3.30. The molecule has 4 rings (SSSR count). The Hall–Kier alpha value is -2.40. The molecule has 0 radical (unpaired) electrons. The van der Waals surface area contributed by atoms with Crippen LogP contribution in [0.15, 0.2) is 54.0 Å². The highest BCUT2D eigenvalue weighted by atomic mass is 32.1. The van der Waals surface area contributed by atoms with E-state index in [0.29, 0.717) is 17.4 Å². The summed E-state index contributed by atoms with van der Waals surface area (Å²) < 4.78 is 1.82. The molecule has 26 heavy (non-hydrogen) atoms. The summed E-state index contributed by atoms with van der Waals surface area (Å²) >= 11 is 1.62. The molecule has 0 N–H and O–H groups in total. The molecule has 1 aliphatic rings. The fraction of sp³-hybridized carbons (Fsp3) is 0.333. The van der Waals surface area contributed by atoms with Gasteiger partial charge in [-0.05, 0) is 41.8 Å². The molecular weight excluding hydrogens is 342 g/mol. The Morgan fingerprint density at radius 2 is 1.81 bits per heavy atom. The van der Waals surface area contributed by atoms with Crippen LogP contribution in [0.2, 0.25) is 0 Å². The van der Waals surface area contributed by atoms with Crippen molar-refractivity contribution in [3.63, 3.8) is 0 Å². The van der Waals surface area contributed by atoms with Crippen molar-refractivity contribution in [3.8, 4) is 16.3 Å². The summed E-state index contributed by atoms with van der Waals surface area (Å²) in [6.07, 6.45) is 3.07. The van der Waals surface area contributed by atoms with Crippen LogP contribution in [0.1, 0.15) is 30.6 Å². The molecule has 0 saturated carbocycles. The molecule has 0 bridgehead atoms. The van der Waals surface area contributed by atoms with Crippen molar-refractivity contribution in [1.29, 1.82) is 0 Å². The van der Waals surface area contributed by atoms with Crippen LogP contribution < -0.4 is 0 Å². The lowest BCUT2D eigenvalue weighted by atomic mass is 9.91. The number of aromatic nitrogens is 2. The third-order valence-corrected chi connectivity index (χ3v) is 5.75. The molecule has 4 nitrogen and oxygen atoms in total. The van der Waals surface area contributed by atoms with Crippen LogP contribution in [0, 0.1) is 11.8 Å². The fourth-order valence-electron chi connectivity index (χ4n) is 3.84. The molecule has 1 saturated heterocycles. The molecule has 134 valence electrons. The fourth-order valence-corrected chi connectivity index (χ4v) is 4.56. The molecule has 1 aliphatic heterocycles. The standard InChI is InChI=1S/C21H23N3OS/c1-15-11-16(2)13-23(12-15)21(25)18-14-24(17-7-4-3-5-8-17)22-20(18)19-9-6-10-26-19/h3-10,14-16H,11-13H2,1-2H3/t15-,16+. The number of likely N-dealkylation sites (tertiary alicyclic amines) is 1. The molecule has 1 amide bonds. The molecule has 1 aromatic carbocycles. The van der Waals surface area contributed by atoms with Gasteiger partial charge in [0.25, 0.3) is 5.91 Å². The average molecular weight is 366 g/mol. The van der Waals surface area contributed by atoms with Gasteiger partial charge in [0, 0.05) is 19.3 Å². The van der Waals surface area contributed by atoms with E-state index in [1.54, 1.807) is 11.3 Å². The quantitative estimate of drug-likeness (QED) is 0.674. The van der Waals surface area contributed by atoms with Crippen LogP contribution in [0.3, 0.4) is 0 Å². The van der Waals surface area contributed by atoms with Gasteiger partial charge in [-0.2, -0.15) is 5.10 Å². The highest BCUT2D eigenvalue weighted by molar-refractivity contribution is 7.13. The van der Waals surface area contributed by atoms with Crippen molar-refractivity contribution in [1.82, 2.24) is 14.7 Å². The predicted octanol–water partition coefficient (Wildman–Crippen LogP) is 4.72. The van der Waals surface area contributed by atoms with Gasteiger partial charge >= 0.3 is 0 Å². The maximum absolute atomic E-state index is 13.3. The highest BCUT2D eigenvalue weighted by Crippen LogP contribution is 2.30. The zero-order valence-electron chi connectivity index (χ0n) is 15.1. The molecule has 2 atom stereocenters. The van der Waals surface area contributed by atoms with E-state index in [9.17, 15) is 4.79 Å². The Balaban J connectivity index is 1.74. The lowest BCUT2D eigenvalue weighted by Crippen LogP contribution is -2.42. The second kappa shape index (κ2) is 7.08. The molecule has 0 aliphatic carbocycles. The number of benzene rings is 1. The third kappa shape index (κ3) is 3.31. The molecule has 0 spiro atoms. The van der Waals surface area contributed by atoms with Crippen molar-refractivity contribution < 1.29 is 4.79 Å². The topological polar surface area (TPSA) is 38.1 Å². The minimum Gasteiger partial charge on any atom is -0.338 e. The van der Waals surface area contributed by atoms with E-state index in [0.717, 1.165) is 29.3 Å². The number of thiophene rings is 1. The van der Waals surface area contributed by atoms with Crippen LogP contribution in [-0.2, 0) is 0 Å². The van der Waals surface area contributed by atoms with Gasteiger partial charge in [0.1, 0.15) is 5.69 Å². The number of hydrogen-bond acceptors (Lipinski definition) is 3. The Morgan fingerprint density at radius 1 is 1.08 bits per heavy atom. The van der Waals surface area contributed by atoms with Crippen molar-refractivity contribution in [2.75, 3.05) is 13.1 Å².